The van der Waals surface area contributed by atoms with Crippen LogP contribution in [0, 0.1) is 11.3 Å². The van der Waals surface area contributed by atoms with Crippen molar-refractivity contribution in [2.45, 2.75) is 39.7 Å². The number of amides is 3. The van der Waals surface area contributed by atoms with Crippen LogP contribution in [0.4, 0.5) is 5.69 Å². The van der Waals surface area contributed by atoms with Crippen LogP contribution in [-0.4, -0.2) is 23.8 Å². The quantitative estimate of drug-likeness (QED) is 0.834. The van der Waals surface area contributed by atoms with Gasteiger partial charge in [-0.25, -0.2) is 0 Å². The number of rotatable bonds is 2. The predicted molar refractivity (Wildman–Crippen MR) is 100 cm³/mol. The summed E-state index contributed by atoms with van der Waals surface area (Å²) in [6.07, 6.45) is 6.87. The zero-order valence-electron chi connectivity index (χ0n) is 15.2. The Morgan fingerprint density at radius 2 is 2.00 bits per heavy atom. The molecule has 5 nitrogen and oxygen atoms in total. The lowest BCUT2D eigenvalue weighted by atomic mass is 9.78. The van der Waals surface area contributed by atoms with Gasteiger partial charge in [-0.2, -0.15) is 0 Å². The number of nitrogens with one attached hydrogen (secondary N) is 1. The molecule has 5 heteroatoms. The Labute approximate surface area is 152 Å². The van der Waals surface area contributed by atoms with Crippen LogP contribution in [0.15, 0.2) is 30.4 Å². The first kappa shape index (κ1) is 16.8. The molecule has 0 radical (unpaired) electrons. The van der Waals surface area contributed by atoms with E-state index in [9.17, 15) is 14.4 Å². The summed E-state index contributed by atoms with van der Waals surface area (Å²) in [5, 5.41) is 2.36. The summed E-state index contributed by atoms with van der Waals surface area (Å²) in [4.78, 5) is 38.8. The fourth-order valence-corrected chi connectivity index (χ4v) is 3.90. The minimum absolute atomic E-state index is 0.155. The molecule has 1 aromatic rings. The second-order valence-corrected chi connectivity index (χ2v) is 7.80. The third-order valence-corrected chi connectivity index (χ3v) is 5.90. The highest BCUT2D eigenvalue weighted by Crippen LogP contribution is 2.47. The molecule has 1 N–H and O–H groups in total. The van der Waals surface area contributed by atoms with Gasteiger partial charge in [-0.15, -0.1) is 0 Å². The van der Waals surface area contributed by atoms with Crippen molar-refractivity contribution in [1.29, 1.82) is 0 Å². The number of imide groups is 1. The summed E-state index contributed by atoms with van der Waals surface area (Å²) >= 11 is 0. The van der Waals surface area contributed by atoms with Crippen LogP contribution < -0.4 is 10.2 Å². The molecule has 0 bridgehead atoms. The minimum atomic E-state index is -0.645. The van der Waals surface area contributed by atoms with Crippen LogP contribution in [0.2, 0.25) is 0 Å². The molecular weight excluding hydrogens is 328 g/mol. The molecule has 3 aliphatic rings. The van der Waals surface area contributed by atoms with Gasteiger partial charge in [-0.05, 0) is 24.0 Å². The van der Waals surface area contributed by atoms with Gasteiger partial charge in [-0.1, -0.05) is 51.1 Å². The van der Waals surface area contributed by atoms with E-state index in [0.717, 1.165) is 16.8 Å². The molecule has 1 fully saturated rings. The maximum absolute atomic E-state index is 13.3. The van der Waals surface area contributed by atoms with Gasteiger partial charge in [0, 0.05) is 23.0 Å². The molecule has 26 heavy (non-hydrogen) atoms. The number of carbonyl (C=O) groups is 3. The van der Waals surface area contributed by atoms with E-state index in [-0.39, 0.29) is 23.7 Å². The number of hydrogen-bond donors (Lipinski definition) is 1. The topological polar surface area (TPSA) is 66.5 Å². The second kappa shape index (κ2) is 5.66. The molecule has 134 valence electrons. The average molecular weight is 350 g/mol. The molecule has 2 unspecified atom stereocenters. The number of anilines is 1. The zero-order chi connectivity index (χ0) is 18.6. The number of carbonyl (C=O) groups excluding carboxylic acids is 3. The highest BCUT2D eigenvalue weighted by Gasteiger charge is 2.44. The maximum Gasteiger partial charge on any atom is 0.259 e. The lowest BCUT2D eigenvalue weighted by molar-refractivity contribution is -0.135. The number of piperidine rings is 1. The molecular formula is C21H22N2O3. The van der Waals surface area contributed by atoms with Crippen molar-refractivity contribution in [1.82, 2.24) is 5.32 Å². The monoisotopic (exact) mass is 350 g/mol. The first-order chi connectivity index (χ1) is 12.3. The zero-order valence-corrected chi connectivity index (χ0v) is 15.2. The Hall–Kier alpha value is -2.69. The lowest BCUT2D eigenvalue weighted by Crippen LogP contribution is -2.53. The van der Waals surface area contributed by atoms with Crippen molar-refractivity contribution in [3.05, 3.63) is 41.5 Å². The van der Waals surface area contributed by atoms with E-state index in [1.165, 1.54) is 0 Å². The van der Waals surface area contributed by atoms with Crippen LogP contribution in [0.25, 0.3) is 11.6 Å². The van der Waals surface area contributed by atoms with E-state index < -0.39 is 11.9 Å². The maximum atomic E-state index is 13.3. The van der Waals surface area contributed by atoms with Crippen molar-refractivity contribution >= 4 is 35.1 Å². The number of hydrogen-bond acceptors (Lipinski definition) is 3. The van der Waals surface area contributed by atoms with Crippen molar-refractivity contribution < 1.29 is 14.4 Å². The standard InChI is InChI=1S/C21H22N2O3/c1-12(2)21(3)10-9-13-5-4-6-15-18(13)14(11-21)20(26)23(15)16-7-8-17(24)22-19(16)25/h4-6,9-12,16H,7-8H2,1-3H3,(H,22,24,25). The summed E-state index contributed by atoms with van der Waals surface area (Å²) < 4.78 is 0. The van der Waals surface area contributed by atoms with Gasteiger partial charge in [0.05, 0.1) is 5.69 Å². The number of allylic oxidation sites excluding steroid dienone is 2. The normalized spacial score (nSPS) is 27.4. The van der Waals surface area contributed by atoms with Gasteiger partial charge in [0.2, 0.25) is 11.8 Å². The third kappa shape index (κ3) is 2.34. The predicted octanol–water partition coefficient (Wildman–Crippen LogP) is 2.91. The third-order valence-electron chi connectivity index (χ3n) is 5.90. The molecule has 0 aromatic heterocycles. The highest BCUT2D eigenvalue weighted by atomic mass is 16.2. The molecule has 0 saturated carbocycles. The fourth-order valence-electron chi connectivity index (χ4n) is 3.90. The van der Waals surface area contributed by atoms with Crippen LogP contribution >= 0.6 is 0 Å². The van der Waals surface area contributed by atoms with Crippen molar-refractivity contribution in [2.24, 2.45) is 11.3 Å². The summed E-state index contributed by atoms with van der Waals surface area (Å²) in [5.41, 5.74) is 3.04. The molecule has 0 spiro atoms. The molecule has 1 saturated heterocycles. The van der Waals surface area contributed by atoms with E-state index in [1.807, 2.05) is 24.3 Å². The van der Waals surface area contributed by atoms with E-state index in [4.69, 9.17) is 0 Å². The van der Waals surface area contributed by atoms with E-state index in [0.29, 0.717) is 17.9 Å². The van der Waals surface area contributed by atoms with Gasteiger partial charge >= 0.3 is 0 Å². The van der Waals surface area contributed by atoms with Crippen molar-refractivity contribution in [3.8, 4) is 0 Å². The van der Waals surface area contributed by atoms with Crippen LogP contribution in [0.3, 0.4) is 0 Å². The first-order valence-electron chi connectivity index (χ1n) is 9.04. The van der Waals surface area contributed by atoms with Crippen molar-refractivity contribution in [3.63, 3.8) is 0 Å². The minimum Gasteiger partial charge on any atom is -0.295 e. The number of benzene rings is 1. The molecule has 1 aliphatic carbocycles. The van der Waals surface area contributed by atoms with Gasteiger partial charge in [0.1, 0.15) is 6.04 Å². The van der Waals surface area contributed by atoms with Crippen LogP contribution in [0.1, 0.15) is 44.7 Å². The Kier molecular flexibility index (Phi) is 3.65. The van der Waals surface area contributed by atoms with Gasteiger partial charge in [0.15, 0.2) is 0 Å². The van der Waals surface area contributed by atoms with Gasteiger partial charge in [0.25, 0.3) is 5.91 Å². The van der Waals surface area contributed by atoms with Crippen LogP contribution in [0.5, 0.6) is 0 Å². The Morgan fingerprint density at radius 3 is 2.69 bits per heavy atom. The molecule has 2 atom stereocenters. The van der Waals surface area contributed by atoms with E-state index in [2.05, 4.69) is 38.2 Å². The molecule has 2 aliphatic heterocycles. The number of nitrogens with zero attached hydrogens (tertiary/aromatic N) is 1. The Bertz CT molecular complexity index is 897. The van der Waals surface area contributed by atoms with E-state index in [1.54, 1.807) is 4.90 Å². The molecule has 2 heterocycles. The first-order valence-corrected chi connectivity index (χ1v) is 9.04. The molecule has 1 aromatic carbocycles. The summed E-state index contributed by atoms with van der Waals surface area (Å²) in [6.45, 7) is 6.39. The summed E-state index contributed by atoms with van der Waals surface area (Å²) in [7, 11) is 0. The summed E-state index contributed by atoms with van der Waals surface area (Å²) in [6, 6.07) is 5.14. The molecule has 3 amide bonds. The highest BCUT2D eigenvalue weighted by molar-refractivity contribution is 6.35. The van der Waals surface area contributed by atoms with Gasteiger partial charge in [-0.3, -0.25) is 24.6 Å². The lowest BCUT2D eigenvalue weighted by Gasteiger charge is -2.30. The molecule has 4 rings (SSSR count). The van der Waals surface area contributed by atoms with Crippen LogP contribution in [-0.2, 0) is 14.4 Å². The SMILES string of the molecule is CC(C)C1(C)C=Cc2cccc3c2C(=C1)C(=O)N3C1CCC(=O)NC1=O. The van der Waals surface area contributed by atoms with Gasteiger partial charge < -0.3 is 0 Å². The Balaban J connectivity index is 1.87. The van der Waals surface area contributed by atoms with Crippen molar-refractivity contribution in [2.75, 3.05) is 4.90 Å². The fraction of sp³-hybridized carbons (Fsp3) is 0.381. The summed E-state index contributed by atoms with van der Waals surface area (Å²) in [5.74, 6) is -0.510. The second-order valence-electron chi connectivity index (χ2n) is 7.80. The average Bonchev–Trinajstić information content (AvgIpc) is 2.75. The smallest absolute Gasteiger partial charge is 0.259 e. The Morgan fingerprint density at radius 1 is 1.23 bits per heavy atom. The largest absolute Gasteiger partial charge is 0.295 e. The van der Waals surface area contributed by atoms with E-state index >= 15 is 0 Å².